The van der Waals surface area contributed by atoms with Crippen molar-refractivity contribution in [3.63, 3.8) is 0 Å². The van der Waals surface area contributed by atoms with Crippen LogP contribution in [-0.4, -0.2) is 46.2 Å². The molecule has 1 fully saturated rings. The minimum Gasteiger partial charge on any atom is -0.391 e. The van der Waals surface area contributed by atoms with Gasteiger partial charge in [-0.25, -0.2) is 13.2 Å². The van der Waals surface area contributed by atoms with E-state index in [1.807, 2.05) is 6.92 Å². The topological polar surface area (TPSA) is 102 Å². The lowest BCUT2D eigenvalue weighted by atomic mass is 9.98. The van der Waals surface area contributed by atoms with E-state index in [2.05, 4.69) is 0 Å². The third-order valence-corrected chi connectivity index (χ3v) is 5.76. The molecule has 8 nitrogen and oxygen atoms in total. The molecule has 0 amide bonds. The SMILES string of the molecule is CC1CCN(S(=O)(=O)c2cn(C)c(=O)n(C)c2=O)CC1O. The van der Waals surface area contributed by atoms with Crippen LogP contribution in [-0.2, 0) is 24.1 Å². The Balaban J connectivity index is 2.51. The van der Waals surface area contributed by atoms with Gasteiger partial charge in [0, 0.05) is 33.4 Å². The fourth-order valence-electron chi connectivity index (χ4n) is 2.33. The molecule has 1 aromatic rings. The molecule has 2 atom stereocenters. The van der Waals surface area contributed by atoms with Gasteiger partial charge >= 0.3 is 5.69 Å². The zero-order valence-corrected chi connectivity index (χ0v) is 13.0. The zero-order chi connectivity index (χ0) is 15.9. The molecule has 21 heavy (non-hydrogen) atoms. The van der Waals surface area contributed by atoms with E-state index < -0.39 is 32.3 Å². The Labute approximate surface area is 122 Å². The summed E-state index contributed by atoms with van der Waals surface area (Å²) in [5.41, 5.74) is -1.45. The molecule has 0 spiro atoms. The predicted molar refractivity (Wildman–Crippen MR) is 75.5 cm³/mol. The van der Waals surface area contributed by atoms with Gasteiger partial charge in [-0.1, -0.05) is 6.92 Å². The van der Waals surface area contributed by atoms with Gasteiger partial charge in [-0.05, 0) is 12.3 Å². The number of β-amino-alcohol motifs (C(OH)–C–C–N with tert-alkyl or cyclic N) is 1. The molecule has 2 heterocycles. The molecule has 0 radical (unpaired) electrons. The molecule has 1 aliphatic rings. The van der Waals surface area contributed by atoms with Crippen LogP contribution >= 0.6 is 0 Å². The molecule has 0 aliphatic carbocycles. The molecule has 1 aromatic heterocycles. The van der Waals surface area contributed by atoms with Crippen molar-refractivity contribution in [2.24, 2.45) is 20.0 Å². The fraction of sp³-hybridized carbons (Fsp3) is 0.667. The third-order valence-electron chi connectivity index (χ3n) is 3.91. The van der Waals surface area contributed by atoms with Crippen LogP contribution in [0.2, 0.25) is 0 Å². The third kappa shape index (κ3) is 2.68. The van der Waals surface area contributed by atoms with Gasteiger partial charge in [0.05, 0.1) is 6.10 Å². The van der Waals surface area contributed by atoms with Crippen LogP contribution in [0.25, 0.3) is 0 Å². The van der Waals surface area contributed by atoms with Gasteiger partial charge in [0.15, 0.2) is 4.90 Å². The number of hydrogen-bond acceptors (Lipinski definition) is 5. The van der Waals surface area contributed by atoms with Gasteiger partial charge in [-0.3, -0.25) is 9.36 Å². The zero-order valence-electron chi connectivity index (χ0n) is 12.2. The average molecular weight is 317 g/mol. The summed E-state index contributed by atoms with van der Waals surface area (Å²) in [5.74, 6) is 0.0133. The van der Waals surface area contributed by atoms with E-state index in [4.69, 9.17) is 0 Å². The Morgan fingerprint density at radius 3 is 2.48 bits per heavy atom. The second-order valence-electron chi connectivity index (χ2n) is 5.45. The molecular weight excluding hydrogens is 298 g/mol. The first kappa shape index (κ1) is 15.9. The van der Waals surface area contributed by atoms with Crippen LogP contribution in [0.4, 0.5) is 0 Å². The van der Waals surface area contributed by atoms with Gasteiger partial charge < -0.3 is 9.67 Å². The summed E-state index contributed by atoms with van der Waals surface area (Å²) in [7, 11) is -1.41. The van der Waals surface area contributed by atoms with Gasteiger partial charge in [-0.2, -0.15) is 4.31 Å². The van der Waals surface area contributed by atoms with Crippen molar-refractivity contribution in [2.45, 2.75) is 24.3 Å². The summed E-state index contributed by atoms with van der Waals surface area (Å²) < 4.78 is 28.0. The maximum atomic E-state index is 12.6. The second kappa shape index (κ2) is 5.39. The first-order valence-corrected chi connectivity index (χ1v) is 8.05. The van der Waals surface area contributed by atoms with Crippen molar-refractivity contribution in [3.05, 3.63) is 27.0 Å². The van der Waals surface area contributed by atoms with E-state index in [0.29, 0.717) is 6.42 Å². The number of rotatable bonds is 2. The van der Waals surface area contributed by atoms with Crippen LogP contribution in [0, 0.1) is 5.92 Å². The molecule has 118 valence electrons. The second-order valence-corrected chi connectivity index (χ2v) is 7.35. The summed E-state index contributed by atoms with van der Waals surface area (Å²) in [6.45, 7) is 2.04. The number of aromatic nitrogens is 2. The highest BCUT2D eigenvalue weighted by atomic mass is 32.2. The van der Waals surface area contributed by atoms with Crippen molar-refractivity contribution in [1.82, 2.24) is 13.4 Å². The van der Waals surface area contributed by atoms with Crippen LogP contribution in [0.3, 0.4) is 0 Å². The highest BCUT2D eigenvalue weighted by Crippen LogP contribution is 2.22. The Morgan fingerprint density at radius 2 is 1.90 bits per heavy atom. The maximum Gasteiger partial charge on any atom is 0.330 e. The number of aliphatic hydroxyl groups excluding tert-OH is 1. The quantitative estimate of drug-likeness (QED) is 0.713. The molecule has 1 N–H and O–H groups in total. The molecule has 0 saturated carbocycles. The Kier molecular flexibility index (Phi) is 4.09. The lowest BCUT2D eigenvalue weighted by Gasteiger charge is -2.33. The first-order chi connectivity index (χ1) is 9.66. The van der Waals surface area contributed by atoms with Crippen molar-refractivity contribution in [1.29, 1.82) is 0 Å². The van der Waals surface area contributed by atoms with E-state index in [1.54, 1.807) is 0 Å². The van der Waals surface area contributed by atoms with Crippen molar-refractivity contribution in [3.8, 4) is 0 Å². The first-order valence-electron chi connectivity index (χ1n) is 6.61. The highest BCUT2D eigenvalue weighted by Gasteiger charge is 2.34. The monoisotopic (exact) mass is 317 g/mol. The van der Waals surface area contributed by atoms with Crippen molar-refractivity contribution >= 4 is 10.0 Å². The summed E-state index contributed by atoms with van der Waals surface area (Å²) in [6.07, 6.45) is 0.793. The molecule has 9 heteroatoms. The van der Waals surface area contributed by atoms with Gasteiger partial charge in [-0.15, -0.1) is 0 Å². The minimum absolute atomic E-state index is 0.0133. The van der Waals surface area contributed by atoms with E-state index in [9.17, 15) is 23.1 Å². The van der Waals surface area contributed by atoms with E-state index in [1.165, 1.54) is 14.1 Å². The van der Waals surface area contributed by atoms with Crippen molar-refractivity contribution < 1.29 is 13.5 Å². The molecule has 1 saturated heterocycles. The fourth-order valence-corrected chi connectivity index (χ4v) is 3.95. The largest absolute Gasteiger partial charge is 0.391 e. The molecular formula is C12H19N3O5S. The number of sulfonamides is 1. The smallest absolute Gasteiger partial charge is 0.330 e. The van der Waals surface area contributed by atoms with Gasteiger partial charge in [0.2, 0.25) is 10.0 Å². The number of aliphatic hydroxyl groups is 1. The molecule has 2 rings (SSSR count). The summed E-state index contributed by atoms with van der Waals surface area (Å²) in [5, 5.41) is 9.84. The number of aryl methyl sites for hydroxylation is 1. The van der Waals surface area contributed by atoms with E-state index in [-0.39, 0.29) is 19.0 Å². The summed E-state index contributed by atoms with van der Waals surface area (Å²) in [4.78, 5) is 23.2. The van der Waals surface area contributed by atoms with Crippen molar-refractivity contribution in [2.75, 3.05) is 13.1 Å². The van der Waals surface area contributed by atoms with Gasteiger partial charge in [0.1, 0.15) is 0 Å². The Bertz CT molecular complexity index is 764. The van der Waals surface area contributed by atoms with E-state index in [0.717, 1.165) is 19.6 Å². The van der Waals surface area contributed by atoms with Crippen LogP contribution in [0.15, 0.2) is 20.7 Å². The maximum absolute atomic E-state index is 12.6. The normalized spacial score (nSPS) is 24.2. The lowest BCUT2D eigenvalue weighted by molar-refractivity contribution is 0.0604. The standard InChI is InChI=1S/C12H19N3O5S/c1-8-4-5-15(6-9(8)16)21(19,20)10-7-13(2)12(18)14(3)11(10)17/h7-9,16H,4-6H2,1-3H3. The van der Waals surface area contributed by atoms with Crippen LogP contribution in [0.1, 0.15) is 13.3 Å². The average Bonchev–Trinajstić information content (AvgIpc) is 2.43. The lowest BCUT2D eigenvalue weighted by Crippen LogP contribution is -2.48. The predicted octanol–water partition coefficient (Wildman–Crippen LogP) is -1.52. The molecule has 2 unspecified atom stereocenters. The summed E-state index contributed by atoms with van der Waals surface area (Å²) in [6, 6.07) is 0. The van der Waals surface area contributed by atoms with Gasteiger partial charge in [0.25, 0.3) is 5.56 Å². The van der Waals surface area contributed by atoms with Crippen LogP contribution < -0.4 is 11.2 Å². The molecule has 0 aromatic carbocycles. The van der Waals surface area contributed by atoms with E-state index >= 15 is 0 Å². The minimum atomic E-state index is -4.03. The summed E-state index contributed by atoms with van der Waals surface area (Å²) >= 11 is 0. The number of hydrogen-bond donors (Lipinski definition) is 1. The Morgan fingerprint density at radius 1 is 1.29 bits per heavy atom. The number of piperidine rings is 1. The molecule has 1 aliphatic heterocycles. The van der Waals surface area contributed by atoms with Crippen LogP contribution in [0.5, 0.6) is 0 Å². The number of nitrogens with zero attached hydrogens (tertiary/aromatic N) is 3. The Hall–Kier alpha value is -1.45. The molecule has 0 bridgehead atoms. The highest BCUT2D eigenvalue weighted by molar-refractivity contribution is 7.89.